The van der Waals surface area contributed by atoms with E-state index < -0.39 is 0 Å². The highest BCUT2D eigenvalue weighted by molar-refractivity contribution is 6.31. The molecule has 0 radical (unpaired) electrons. The number of hydrogen-bond donors (Lipinski definition) is 3. The largest absolute Gasteiger partial charge is 0.368 e. The van der Waals surface area contributed by atoms with Gasteiger partial charge in [-0.1, -0.05) is 29.8 Å². The fraction of sp³-hybridized carbons (Fsp3) is 0.667. The number of halogens is 2. The van der Waals surface area contributed by atoms with E-state index in [1.807, 2.05) is 24.3 Å². The minimum absolute atomic E-state index is 0.197. The zero-order valence-corrected chi connectivity index (χ0v) is 25.4. The van der Waals surface area contributed by atoms with E-state index in [2.05, 4.69) is 31.9 Å². The molecule has 42 heavy (non-hydrogen) atoms. The Morgan fingerprint density at radius 2 is 1.88 bits per heavy atom. The van der Waals surface area contributed by atoms with Crippen LogP contribution in [-0.2, 0) is 6.54 Å². The van der Waals surface area contributed by atoms with Crippen molar-refractivity contribution in [3.63, 3.8) is 0 Å². The van der Waals surface area contributed by atoms with Crippen molar-refractivity contribution < 1.29 is 4.39 Å². The van der Waals surface area contributed by atoms with E-state index in [4.69, 9.17) is 16.6 Å². The fourth-order valence-corrected chi connectivity index (χ4v) is 8.95. The molecule has 4 bridgehead atoms. The van der Waals surface area contributed by atoms with Gasteiger partial charge < -0.3 is 20.9 Å². The van der Waals surface area contributed by atoms with Crippen molar-refractivity contribution in [2.75, 3.05) is 50.0 Å². The molecule has 7 nitrogen and oxygen atoms in total. The number of nitrogens with zero attached hydrogens (tertiary/aromatic N) is 4. The first-order valence-electron chi connectivity index (χ1n) is 16.0. The van der Waals surface area contributed by atoms with E-state index in [1.54, 1.807) is 6.20 Å². The maximum atomic E-state index is 12.5. The third kappa shape index (κ3) is 6.85. The van der Waals surface area contributed by atoms with Crippen LogP contribution in [-0.4, -0.2) is 60.3 Å². The summed E-state index contributed by atoms with van der Waals surface area (Å²) < 4.78 is 12.5. The summed E-state index contributed by atoms with van der Waals surface area (Å²) in [5.41, 5.74) is 1.74. The van der Waals surface area contributed by atoms with E-state index in [9.17, 15) is 9.65 Å². The van der Waals surface area contributed by atoms with Gasteiger partial charge in [-0.25, -0.2) is 4.98 Å². The van der Waals surface area contributed by atoms with E-state index in [0.717, 1.165) is 62.0 Å². The standard InChI is InChI=1S/C33H45ClFN7/c34-29-5-2-1-4-25(29)20-38-32-39-21-28(19-36)31(41-32)40-22-33-16-24-14-26(17-33)30(27(15-24)18-33)37-10-6-23-7-12-42(13-8-23)11-3-9-35/h1-2,4-5,21,23-24,26-27,30,37H,3,6-18,20,22H2,(H2,38,39,40,41)/t24?,26-,27+,30+,33?. The molecule has 4 saturated carbocycles. The molecule has 5 aliphatic rings. The first-order chi connectivity index (χ1) is 20.5. The second kappa shape index (κ2) is 13.4. The van der Waals surface area contributed by atoms with Crippen LogP contribution in [0.5, 0.6) is 0 Å². The molecule has 5 fully saturated rings. The molecule has 2 aromatic rings. The lowest BCUT2D eigenvalue weighted by Gasteiger charge is -2.60. The van der Waals surface area contributed by atoms with Gasteiger partial charge in [0.15, 0.2) is 0 Å². The number of alkyl halides is 1. The summed E-state index contributed by atoms with van der Waals surface area (Å²) in [5.74, 6) is 4.23. The van der Waals surface area contributed by atoms with Gasteiger partial charge >= 0.3 is 0 Å². The number of aromatic nitrogens is 2. The van der Waals surface area contributed by atoms with Crippen LogP contribution < -0.4 is 16.0 Å². The van der Waals surface area contributed by atoms with Crippen molar-refractivity contribution in [2.45, 2.75) is 70.4 Å². The lowest BCUT2D eigenvalue weighted by Crippen LogP contribution is -2.59. The van der Waals surface area contributed by atoms with Gasteiger partial charge in [-0.15, -0.1) is 0 Å². The zero-order chi connectivity index (χ0) is 28.9. The van der Waals surface area contributed by atoms with Crippen LogP contribution in [0.25, 0.3) is 0 Å². The maximum absolute atomic E-state index is 12.5. The average molecular weight is 594 g/mol. The summed E-state index contributed by atoms with van der Waals surface area (Å²) >= 11 is 6.31. The van der Waals surface area contributed by atoms with Crippen LogP contribution in [0.15, 0.2) is 30.5 Å². The van der Waals surface area contributed by atoms with E-state index in [0.29, 0.717) is 41.4 Å². The zero-order valence-electron chi connectivity index (χ0n) is 24.6. The summed E-state index contributed by atoms with van der Waals surface area (Å²) in [7, 11) is 0. The molecule has 3 N–H and O–H groups in total. The molecule has 2 heterocycles. The molecule has 226 valence electrons. The minimum atomic E-state index is -0.197. The molecule has 2 unspecified atom stereocenters. The highest BCUT2D eigenvalue weighted by Gasteiger charge is 2.55. The van der Waals surface area contributed by atoms with Crippen molar-refractivity contribution >= 4 is 23.4 Å². The fourth-order valence-electron chi connectivity index (χ4n) is 8.75. The monoisotopic (exact) mass is 593 g/mol. The summed E-state index contributed by atoms with van der Waals surface area (Å²) in [6, 6.07) is 10.6. The first kappa shape index (κ1) is 29.6. The quantitative estimate of drug-likeness (QED) is 0.252. The smallest absolute Gasteiger partial charge is 0.224 e. The van der Waals surface area contributed by atoms with Gasteiger partial charge in [-0.05, 0) is 118 Å². The van der Waals surface area contributed by atoms with Crippen LogP contribution in [0.1, 0.15) is 68.9 Å². The van der Waals surface area contributed by atoms with Crippen LogP contribution in [0.2, 0.25) is 5.02 Å². The van der Waals surface area contributed by atoms with E-state index in [1.165, 1.54) is 51.4 Å². The molecule has 1 aliphatic heterocycles. The predicted octanol–water partition coefficient (Wildman–Crippen LogP) is 6.27. The van der Waals surface area contributed by atoms with Crippen molar-refractivity contribution in [1.29, 1.82) is 5.26 Å². The van der Waals surface area contributed by atoms with Crippen molar-refractivity contribution in [1.82, 2.24) is 20.2 Å². The van der Waals surface area contributed by atoms with E-state index in [-0.39, 0.29) is 12.1 Å². The highest BCUT2D eigenvalue weighted by Crippen LogP contribution is 2.60. The molecule has 9 heteroatoms. The Labute approximate surface area is 255 Å². The normalized spacial score (nSPS) is 29.0. The summed E-state index contributed by atoms with van der Waals surface area (Å²) in [4.78, 5) is 11.5. The molecule has 1 saturated heterocycles. The number of nitrogens with one attached hydrogen (secondary N) is 3. The Balaban J connectivity index is 1.01. The Morgan fingerprint density at radius 3 is 2.62 bits per heavy atom. The third-order valence-electron chi connectivity index (χ3n) is 10.6. The Kier molecular flexibility index (Phi) is 9.47. The number of anilines is 2. The molecule has 5 atom stereocenters. The van der Waals surface area contributed by atoms with Gasteiger partial charge in [0.25, 0.3) is 0 Å². The maximum Gasteiger partial charge on any atom is 0.224 e. The SMILES string of the molecule is N#Cc1cnc(NCc2ccccc2Cl)nc1NCC12CC3C[C@H](C1)[C@H](NCCC1CCN(CCCF)CC1)[C@@H](C3)C2. The summed E-state index contributed by atoms with van der Waals surface area (Å²) in [6.07, 6.45) is 12.6. The van der Waals surface area contributed by atoms with Gasteiger partial charge in [0.2, 0.25) is 5.95 Å². The molecular formula is C33H45ClFN7. The van der Waals surface area contributed by atoms with Crippen LogP contribution in [0, 0.1) is 40.4 Å². The van der Waals surface area contributed by atoms with E-state index >= 15 is 0 Å². The van der Waals surface area contributed by atoms with Crippen molar-refractivity contribution in [3.8, 4) is 6.07 Å². The van der Waals surface area contributed by atoms with Gasteiger partial charge in [0.1, 0.15) is 17.5 Å². The molecular weight excluding hydrogens is 549 g/mol. The number of benzene rings is 1. The lowest BCUT2D eigenvalue weighted by atomic mass is 9.48. The van der Waals surface area contributed by atoms with Crippen LogP contribution in [0.3, 0.4) is 0 Å². The predicted molar refractivity (Wildman–Crippen MR) is 166 cm³/mol. The number of likely N-dealkylation sites (tertiary alicyclic amines) is 1. The minimum Gasteiger partial charge on any atom is -0.368 e. The van der Waals surface area contributed by atoms with Crippen LogP contribution >= 0.6 is 11.6 Å². The summed E-state index contributed by atoms with van der Waals surface area (Å²) in [5, 5.41) is 21.4. The third-order valence-corrected chi connectivity index (χ3v) is 11.0. The Morgan fingerprint density at radius 1 is 1.10 bits per heavy atom. The van der Waals surface area contributed by atoms with Crippen LogP contribution in [0.4, 0.5) is 16.2 Å². The van der Waals surface area contributed by atoms with Gasteiger partial charge in [-0.2, -0.15) is 10.2 Å². The second-order valence-corrected chi connectivity index (χ2v) is 13.8. The van der Waals surface area contributed by atoms with Gasteiger partial charge in [0, 0.05) is 30.7 Å². The lowest BCUT2D eigenvalue weighted by molar-refractivity contribution is -0.0695. The number of hydrogen-bond acceptors (Lipinski definition) is 7. The Hall–Kier alpha value is -2.47. The van der Waals surface area contributed by atoms with Gasteiger partial charge in [-0.3, -0.25) is 4.39 Å². The molecule has 4 aliphatic carbocycles. The molecule has 1 aromatic heterocycles. The molecule has 0 amide bonds. The number of nitriles is 1. The topological polar surface area (TPSA) is 88.9 Å². The first-order valence-corrected chi connectivity index (χ1v) is 16.4. The van der Waals surface area contributed by atoms with Gasteiger partial charge in [0.05, 0.1) is 12.9 Å². The Bertz CT molecular complexity index is 1230. The number of rotatable bonds is 13. The molecule has 1 aromatic carbocycles. The molecule has 7 rings (SSSR count). The second-order valence-electron chi connectivity index (χ2n) is 13.4. The average Bonchev–Trinajstić information content (AvgIpc) is 3.00. The van der Waals surface area contributed by atoms with Crippen molar-refractivity contribution in [2.24, 2.45) is 29.1 Å². The van der Waals surface area contributed by atoms with Crippen molar-refractivity contribution in [3.05, 3.63) is 46.6 Å². The summed E-state index contributed by atoms with van der Waals surface area (Å²) in [6.45, 7) is 5.50. The molecule has 0 spiro atoms. The highest BCUT2D eigenvalue weighted by atomic mass is 35.5. The number of piperidine rings is 1.